The summed E-state index contributed by atoms with van der Waals surface area (Å²) in [6.07, 6.45) is -6.24. The zero-order chi connectivity index (χ0) is 14.6. The number of halogens is 5. The van der Waals surface area contributed by atoms with Crippen molar-refractivity contribution in [2.45, 2.75) is 32.5 Å². The van der Waals surface area contributed by atoms with E-state index in [1.807, 2.05) is 0 Å². The van der Waals surface area contributed by atoms with Crippen LogP contribution in [0.25, 0.3) is 0 Å². The molecule has 0 saturated heterocycles. The van der Waals surface area contributed by atoms with Gasteiger partial charge in [0, 0.05) is 12.6 Å². The average Bonchev–Trinajstić information content (AvgIpc) is 2.29. The molecule has 0 spiro atoms. The van der Waals surface area contributed by atoms with E-state index in [-0.39, 0.29) is 5.82 Å². The summed E-state index contributed by atoms with van der Waals surface area (Å²) in [5, 5.41) is 2.53. The van der Waals surface area contributed by atoms with Crippen molar-refractivity contribution >= 4 is 5.82 Å². The van der Waals surface area contributed by atoms with Gasteiger partial charge in [0.05, 0.1) is 0 Å². The number of alkyl halides is 3. The molecular weight excluding hydrogens is 271 g/mol. The van der Waals surface area contributed by atoms with Crippen molar-refractivity contribution in [2.24, 2.45) is 0 Å². The number of hydrogen-bond acceptors (Lipinski definition) is 3. The normalized spacial score (nSPS) is 13.2. The highest BCUT2D eigenvalue weighted by molar-refractivity contribution is 5.39. The van der Waals surface area contributed by atoms with Gasteiger partial charge in [-0.2, -0.15) is 18.2 Å². The van der Waals surface area contributed by atoms with Crippen LogP contribution in [0.1, 0.15) is 20.3 Å². The predicted molar refractivity (Wildman–Crippen MR) is 59.1 cm³/mol. The van der Waals surface area contributed by atoms with Gasteiger partial charge in [-0.3, -0.25) is 0 Å². The van der Waals surface area contributed by atoms with Crippen molar-refractivity contribution in [3.63, 3.8) is 0 Å². The molecule has 1 atom stereocenters. The van der Waals surface area contributed by atoms with Crippen molar-refractivity contribution in [3.8, 4) is 5.88 Å². The van der Waals surface area contributed by atoms with E-state index < -0.39 is 29.8 Å². The van der Waals surface area contributed by atoms with Crippen LogP contribution in [0.2, 0.25) is 0 Å². The third-order valence-corrected chi connectivity index (χ3v) is 2.19. The maximum absolute atomic E-state index is 13.3. The molecule has 0 bridgehead atoms. The highest BCUT2D eigenvalue weighted by atomic mass is 19.4. The standard InChI is InChI=1S/C11H13F5N2O/c1-3-4-17-9-7(12)5-8(13)10(18-9)19-6(2)11(14,15)16/h5-6H,3-4H2,1-2H3,(H,17,18). The summed E-state index contributed by atoms with van der Waals surface area (Å²) >= 11 is 0. The summed E-state index contributed by atoms with van der Waals surface area (Å²) in [6.45, 7) is 2.87. The minimum Gasteiger partial charge on any atom is -0.463 e. The average molecular weight is 284 g/mol. The molecule has 1 rings (SSSR count). The molecule has 1 aromatic heterocycles. The summed E-state index contributed by atoms with van der Waals surface area (Å²) < 4.78 is 67.8. The van der Waals surface area contributed by atoms with Gasteiger partial charge in [-0.1, -0.05) is 6.92 Å². The molecule has 0 amide bonds. The maximum atomic E-state index is 13.3. The minimum atomic E-state index is -4.65. The van der Waals surface area contributed by atoms with Crippen LogP contribution in [0.15, 0.2) is 6.07 Å². The summed E-state index contributed by atoms with van der Waals surface area (Å²) in [6, 6.07) is 0.434. The Balaban J connectivity index is 2.94. The van der Waals surface area contributed by atoms with Gasteiger partial charge in [-0.25, -0.2) is 8.78 Å². The SMILES string of the molecule is CCCNc1nc(OC(C)C(F)(F)F)c(F)cc1F. The first-order chi connectivity index (χ1) is 8.75. The zero-order valence-electron chi connectivity index (χ0n) is 10.3. The van der Waals surface area contributed by atoms with Crippen LogP contribution in [-0.2, 0) is 0 Å². The first-order valence-electron chi connectivity index (χ1n) is 5.59. The van der Waals surface area contributed by atoms with Gasteiger partial charge in [-0.05, 0) is 13.3 Å². The quantitative estimate of drug-likeness (QED) is 0.840. The van der Waals surface area contributed by atoms with E-state index in [1.165, 1.54) is 0 Å². The Hall–Kier alpha value is -1.60. The van der Waals surface area contributed by atoms with Crippen LogP contribution in [0, 0.1) is 11.6 Å². The van der Waals surface area contributed by atoms with E-state index in [1.54, 1.807) is 6.92 Å². The molecule has 0 aliphatic rings. The monoisotopic (exact) mass is 284 g/mol. The number of nitrogens with zero attached hydrogens (tertiary/aromatic N) is 1. The lowest BCUT2D eigenvalue weighted by atomic mass is 10.3. The van der Waals surface area contributed by atoms with Crippen molar-refractivity contribution in [3.05, 3.63) is 17.7 Å². The second-order valence-electron chi connectivity index (χ2n) is 3.83. The van der Waals surface area contributed by atoms with Crippen LogP contribution in [0.3, 0.4) is 0 Å². The highest BCUT2D eigenvalue weighted by Crippen LogP contribution is 2.27. The number of hydrogen-bond donors (Lipinski definition) is 1. The third-order valence-electron chi connectivity index (χ3n) is 2.19. The van der Waals surface area contributed by atoms with Gasteiger partial charge in [-0.15, -0.1) is 0 Å². The first-order valence-corrected chi connectivity index (χ1v) is 5.59. The molecule has 0 aliphatic heterocycles. The lowest BCUT2D eigenvalue weighted by molar-refractivity contribution is -0.190. The molecule has 3 nitrogen and oxygen atoms in total. The smallest absolute Gasteiger partial charge is 0.425 e. The van der Waals surface area contributed by atoms with E-state index in [4.69, 9.17) is 0 Å². The number of pyridine rings is 1. The van der Waals surface area contributed by atoms with Gasteiger partial charge in [0.25, 0.3) is 5.88 Å². The molecule has 0 aromatic carbocycles. The molecule has 0 fully saturated rings. The largest absolute Gasteiger partial charge is 0.463 e. The lowest BCUT2D eigenvalue weighted by Crippen LogP contribution is -2.31. The van der Waals surface area contributed by atoms with Crippen molar-refractivity contribution in [1.29, 1.82) is 0 Å². The molecule has 0 saturated carbocycles. The second kappa shape index (κ2) is 6.03. The van der Waals surface area contributed by atoms with Gasteiger partial charge < -0.3 is 10.1 Å². The molecule has 1 aromatic rings. The van der Waals surface area contributed by atoms with Crippen LogP contribution < -0.4 is 10.1 Å². The van der Waals surface area contributed by atoms with E-state index in [0.717, 1.165) is 0 Å². The van der Waals surface area contributed by atoms with Crippen LogP contribution >= 0.6 is 0 Å². The maximum Gasteiger partial charge on any atom is 0.425 e. The van der Waals surface area contributed by atoms with Crippen LogP contribution in [0.4, 0.5) is 27.8 Å². The van der Waals surface area contributed by atoms with E-state index >= 15 is 0 Å². The molecule has 0 aliphatic carbocycles. The van der Waals surface area contributed by atoms with E-state index in [2.05, 4.69) is 15.0 Å². The van der Waals surface area contributed by atoms with E-state index in [0.29, 0.717) is 26.0 Å². The number of rotatable bonds is 5. The van der Waals surface area contributed by atoms with Gasteiger partial charge >= 0.3 is 6.18 Å². The molecule has 8 heteroatoms. The Morgan fingerprint density at radius 1 is 1.32 bits per heavy atom. The predicted octanol–water partition coefficient (Wildman–Crippen LogP) is 3.51. The van der Waals surface area contributed by atoms with Crippen molar-refractivity contribution < 1.29 is 26.7 Å². The zero-order valence-corrected chi connectivity index (χ0v) is 10.3. The van der Waals surface area contributed by atoms with Gasteiger partial charge in [0.2, 0.25) is 0 Å². The number of nitrogens with one attached hydrogen (secondary N) is 1. The number of anilines is 1. The van der Waals surface area contributed by atoms with Crippen LogP contribution in [-0.4, -0.2) is 23.8 Å². The second-order valence-corrected chi connectivity index (χ2v) is 3.83. The van der Waals surface area contributed by atoms with Crippen molar-refractivity contribution in [2.75, 3.05) is 11.9 Å². The Morgan fingerprint density at radius 3 is 2.47 bits per heavy atom. The van der Waals surface area contributed by atoms with Crippen LogP contribution in [0.5, 0.6) is 5.88 Å². The fourth-order valence-electron chi connectivity index (χ4n) is 1.13. The first kappa shape index (κ1) is 15.5. The Labute approximate surface area is 106 Å². The van der Waals surface area contributed by atoms with E-state index in [9.17, 15) is 22.0 Å². The third kappa shape index (κ3) is 4.22. The Bertz CT molecular complexity index is 436. The Kier molecular flexibility index (Phi) is 4.90. The number of aromatic nitrogens is 1. The number of ether oxygens (including phenoxy) is 1. The molecule has 108 valence electrons. The summed E-state index contributed by atoms with van der Waals surface area (Å²) in [4.78, 5) is 3.38. The molecule has 0 radical (unpaired) electrons. The highest BCUT2D eigenvalue weighted by Gasteiger charge is 2.39. The summed E-state index contributed by atoms with van der Waals surface area (Å²) in [7, 11) is 0. The fraction of sp³-hybridized carbons (Fsp3) is 0.545. The molecular formula is C11H13F5N2O. The molecule has 1 unspecified atom stereocenters. The Morgan fingerprint density at radius 2 is 1.95 bits per heavy atom. The minimum absolute atomic E-state index is 0.340. The molecule has 1 heterocycles. The lowest BCUT2D eigenvalue weighted by Gasteiger charge is -2.18. The fourth-order valence-corrected chi connectivity index (χ4v) is 1.13. The molecule has 19 heavy (non-hydrogen) atoms. The molecule has 1 N–H and O–H groups in total. The van der Waals surface area contributed by atoms with Gasteiger partial charge in [0.1, 0.15) is 0 Å². The topological polar surface area (TPSA) is 34.2 Å². The summed E-state index contributed by atoms with van der Waals surface area (Å²) in [5.74, 6) is -3.49. The van der Waals surface area contributed by atoms with Gasteiger partial charge in [0.15, 0.2) is 23.6 Å². The van der Waals surface area contributed by atoms with Crippen molar-refractivity contribution in [1.82, 2.24) is 4.98 Å². The summed E-state index contributed by atoms with van der Waals surface area (Å²) in [5.41, 5.74) is 0.